The Kier molecular flexibility index (Phi) is 5.34. The molecular formula is C18H20N2. The highest BCUT2D eigenvalue weighted by Crippen LogP contribution is 2.19. The standard InChI is InChI=1S/C18H20N2/c1-2-18(16-11-7-4-8-12-16)20-14-17(13-19)15-9-5-3-6-10-15/h3-12,17-18,20H,2,14H2,1H3. The number of benzene rings is 2. The van der Waals surface area contributed by atoms with Crippen LogP contribution in [0.25, 0.3) is 0 Å². The minimum Gasteiger partial charge on any atom is -0.308 e. The molecule has 102 valence electrons. The quantitative estimate of drug-likeness (QED) is 0.855. The van der Waals surface area contributed by atoms with Crippen LogP contribution in [0.2, 0.25) is 0 Å². The maximum absolute atomic E-state index is 9.35. The summed E-state index contributed by atoms with van der Waals surface area (Å²) in [5, 5.41) is 12.9. The summed E-state index contributed by atoms with van der Waals surface area (Å²) in [7, 11) is 0. The first-order valence-corrected chi connectivity index (χ1v) is 7.08. The lowest BCUT2D eigenvalue weighted by molar-refractivity contribution is 0.509. The minimum atomic E-state index is -0.103. The normalized spacial score (nSPS) is 13.4. The van der Waals surface area contributed by atoms with Gasteiger partial charge in [0.2, 0.25) is 0 Å². The number of nitrogens with zero attached hydrogens (tertiary/aromatic N) is 1. The first-order chi connectivity index (χ1) is 9.85. The van der Waals surface area contributed by atoms with Crippen molar-refractivity contribution >= 4 is 0 Å². The molecule has 2 heteroatoms. The van der Waals surface area contributed by atoms with E-state index in [9.17, 15) is 5.26 Å². The van der Waals surface area contributed by atoms with Gasteiger partial charge < -0.3 is 5.32 Å². The molecule has 0 aliphatic carbocycles. The maximum Gasteiger partial charge on any atom is 0.0837 e. The molecule has 0 aliphatic rings. The lowest BCUT2D eigenvalue weighted by atomic mass is 9.99. The number of hydrogen-bond donors (Lipinski definition) is 1. The highest BCUT2D eigenvalue weighted by atomic mass is 14.9. The summed E-state index contributed by atoms with van der Waals surface area (Å²) in [6.07, 6.45) is 1.01. The van der Waals surface area contributed by atoms with E-state index < -0.39 is 0 Å². The Morgan fingerprint density at radius 2 is 1.50 bits per heavy atom. The summed E-state index contributed by atoms with van der Waals surface area (Å²) in [5.74, 6) is -0.103. The highest BCUT2D eigenvalue weighted by molar-refractivity contribution is 5.25. The van der Waals surface area contributed by atoms with E-state index in [0.29, 0.717) is 12.6 Å². The molecule has 0 saturated carbocycles. The summed E-state index contributed by atoms with van der Waals surface area (Å²) in [4.78, 5) is 0. The Bertz CT molecular complexity index is 543. The Morgan fingerprint density at radius 3 is 2.00 bits per heavy atom. The van der Waals surface area contributed by atoms with Crippen LogP contribution in [0.3, 0.4) is 0 Å². The molecule has 0 spiro atoms. The van der Waals surface area contributed by atoms with Crippen LogP contribution in [0.1, 0.15) is 36.4 Å². The second kappa shape index (κ2) is 7.47. The minimum absolute atomic E-state index is 0.103. The number of hydrogen-bond acceptors (Lipinski definition) is 2. The fourth-order valence-electron chi connectivity index (χ4n) is 2.37. The van der Waals surface area contributed by atoms with Crippen molar-refractivity contribution in [2.75, 3.05) is 6.54 Å². The van der Waals surface area contributed by atoms with Gasteiger partial charge >= 0.3 is 0 Å². The second-order valence-electron chi connectivity index (χ2n) is 4.87. The van der Waals surface area contributed by atoms with Crippen LogP contribution in [0, 0.1) is 11.3 Å². The van der Waals surface area contributed by atoms with Crippen LogP contribution in [0.5, 0.6) is 0 Å². The molecule has 2 unspecified atom stereocenters. The average molecular weight is 264 g/mol. The van der Waals surface area contributed by atoms with Crippen molar-refractivity contribution in [3.05, 3.63) is 71.8 Å². The summed E-state index contributed by atoms with van der Waals surface area (Å²) < 4.78 is 0. The van der Waals surface area contributed by atoms with Gasteiger partial charge in [0.15, 0.2) is 0 Å². The van der Waals surface area contributed by atoms with Crippen LogP contribution in [0.15, 0.2) is 60.7 Å². The lowest BCUT2D eigenvalue weighted by Crippen LogP contribution is -2.25. The fourth-order valence-corrected chi connectivity index (χ4v) is 2.37. The zero-order valence-electron chi connectivity index (χ0n) is 11.8. The third-order valence-corrected chi connectivity index (χ3v) is 3.54. The first kappa shape index (κ1) is 14.3. The van der Waals surface area contributed by atoms with E-state index >= 15 is 0 Å². The molecule has 2 aromatic carbocycles. The van der Waals surface area contributed by atoms with Gasteiger partial charge in [-0.3, -0.25) is 0 Å². The van der Waals surface area contributed by atoms with Crippen LogP contribution in [-0.4, -0.2) is 6.54 Å². The van der Waals surface area contributed by atoms with Crippen molar-refractivity contribution in [3.8, 4) is 6.07 Å². The smallest absolute Gasteiger partial charge is 0.0837 e. The second-order valence-corrected chi connectivity index (χ2v) is 4.87. The third kappa shape index (κ3) is 3.69. The van der Waals surface area contributed by atoms with Crippen LogP contribution < -0.4 is 5.32 Å². The largest absolute Gasteiger partial charge is 0.308 e. The van der Waals surface area contributed by atoms with Gasteiger partial charge in [-0.2, -0.15) is 5.26 Å². The monoisotopic (exact) mass is 264 g/mol. The van der Waals surface area contributed by atoms with Gasteiger partial charge in [-0.15, -0.1) is 0 Å². The molecule has 0 radical (unpaired) electrons. The van der Waals surface area contributed by atoms with Gasteiger partial charge in [0.1, 0.15) is 0 Å². The Balaban J connectivity index is 2.01. The van der Waals surface area contributed by atoms with Gasteiger partial charge in [-0.25, -0.2) is 0 Å². The maximum atomic E-state index is 9.35. The van der Waals surface area contributed by atoms with E-state index in [-0.39, 0.29) is 5.92 Å². The molecule has 0 heterocycles. The molecular weight excluding hydrogens is 244 g/mol. The predicted molar refractivity (Wildman–Crippen MR) is 82.3 cm³/mol. The van der Waals surface area contributed by atoms with Crippen molar-refractivity contribution < 1.29 is 0 Å². The van der Waals surface area contributed by atoms with E-state index in [1.807, 2.05) is 36.4 Å². The van der Waals surface area contributed by atoms with E-state index in [0.717, 1.165) is 12.0 Å². The summed E-state index contributed by atoms with van der Waals surface area (Å²) in [6, 6.07) is 23.0. The van der Waals surface area contributed by atoms with Gasteiger partial charge in [0.05, 0.1) is 12.0 Å². The zero-order valence-corrected chi connectivity index (χ0v) is 11.8. The molecule has 0 bridgehead atoms. The molecule has 2 rings (SSSR count). The average Bonchev–Trinajstić information content (AvgIpc) is 2.53. The molecule has 20 heavy (non-hydrogen) atoms. The molecule has 0 fully saturated rings. The molecule has 0 amide bonds. The van der Waals surface area contributed by atoms with Gasteiger partial charge in [-0.05, 0) is 17.5 Å². The zero-order chi connectivity index (χ0) is 14.2. The fraction of sp³-hybridized carbons (Fsp3) is 0.278. The van der Waals surface area contributed by atoms with Crippen LogP contribution in [0.4, 0.5) is 0 Å². The third-order valence-electron chi connectivity index (χ3n) is 3.54. The van der Waals surface area contributed by atoms with Crippen molar-refractivity contribution in [3.63, 3.8) is 0 Å². The van der Waals surface area contributed by atoms with Crippen molar-refractivity contribution in [1.82, 2.24) is 5.32 Å². The molecule has 1 N–H and O–H groups in total. The first-order valence-electron chi connectivity index (χ1n) is 7.08. The number of nitrogens with one attached hydrogen (secondary N) is 1. The summed E-state index contributed by atoms with van der Waals surface area (Å²) in [6.45, 7) is 2.84. The topological polar surface area (TPSA) is 35.8 Å². The van der Waals surface area contributed by atoms with Crippen molar-refractivity contribution in [2.24, 2.45) is 0 Å². The van der Waals surface area contributed by atoms with E-state index in [4.69, 9.17) is 0 Å². The lowest BCUT2D eigenvalue weighted by Gasteiger charge is -2.19. The van der Waals surface area contributed by atoms with Gasteiger partial charge in [0.25, 0.3) is 0 Å². The van der Waals surface area contributed by atoms with Crippen LogP contribution in [-0.2, 0) is 0 Å². The van der Waals surface area contributed by atoms with Crippen molar-refractivity contribution in [2.45, 2.75) is 25.3 Å². The molecule has 2 aromatic rings. The number of rotatable bonds is 6. The molecule has 2 atom stereocenters. The van der Waals surface area contributed by atoms with Crippen LogP contribution >= 0.6 is 0 Å². The van der Waals surface area contributed by atoms with Crippen molar-refractivity contribution in [1.29, 1.82) is 5.26 Å². The van der Waals surface area contributed by atoms with E-state index in [2.05, 4.69) is 42.6 Å². The Morgan fingerprint density at radius 1 is 0.950 bits per heavy atom. The molecule has 0 saturated heterocycles. The van der Waals surface area contributed by atoms with Gasteiger partial charge in [0, 0.05) is 12.6 Å². The summed E-state index contributed by atoms with van der Waals surface area (Å²) in [5.41, 5.74) is 2.35. The molecule has 0 aliphatic heterocycles. The highest BCUT2D eigenvalue weighted by Gasteiger charge is 2.13. The number of nitriles is 1. The predicted octanol–water partition coefficient (Wildman–Crippen LogP) is 4.03. The molecule has 2 nitrogen and oxygen atoms in total. The summed E-state index contributed by atoms with van der Waals surface area (Å²) >= 11 is 0. The van der Waals surface area contributed by atoms with Gasteiger partial charge in [-0.1, -0.05) is 67.6 Å². The SMILES string of the molecule is CCC(NCC(C#N)c1ccccc1)c1ccccc1. The van der Waals surface area contributed by atoms with E-state index in [1.54, 1.807) is 0 Å². The van der Waals surface area contributed by atoms with E-state index in [1.165, 1.54) is 5.56 Å². The Hall–Kier alpha value is -2.11. The Labute approximate surface area is 121 Å². The molecule has 0 aromatic heterocycles.